The van der Waals surface area contributed by atoms with Gasteiger partial charge in [-0.15, -0.1) is 24.0 Å². The smallest absolute Gasteiger partial charge is 0.191 e. The molecule has 0 radical (unpaired) electrons. The van der Waals surface area contributed by atoms with Gasteiger partial charge in [-0.2, -0.15) is 0 Å². The first kappa shape index (κ1) is 17.0. The summed E-state index contributed by atoms with van der Waals surface area (Å²) in [4.78, 5) is 4.53. The molecule has 5 heteroatoms. The Hall–Kier alpha value is -0.0400. The van der Waals surface area contributed by atoms with Crippen LogP contribution in [0.1, 0.15) is 33.1 Å². The molecule has 1 saturated carbocycles. The molecule has 2 N–H and O–H groups in total. The molecule has 0 atom stereocenters. The molecule has 0 heterocycles. The van der Waals surface area contributed by atoms with E-state index < -0.39 is 0 Å². The molecule has 0 spiro atoms. The summed E-state index contributed by atoms with van der Waals surface area (Å²) in [5.41, 5.74) is 0. The maximum absolute atomic E-state index is 5.27. The van der Waals surface area contributed by atoms with Crippen LogP contribution in [0.4, 0.5) is 0 Å². The van der Waals surface area contributed by atoms with Crippen molar-refractivity contribution in [1.82, 2.24) is 10.6 Å². The number of halogens is 1. The Balaban J connectivity index is 0.00000256. The third kappa shape index (κ3) is 9.64. The lowest BCUT2D eigenvalue weighted by Crippen LogP contribution is -2.39. The van der Waals surface area contributed by atoms with Crippen molar-refractivity contribution in [2.24, 2.45) is 10.9 Å². The molecule has 4 nitrogen and oxygen atoms in total. The van der Waals surface area contributed by atoms with Crippen LogP contribution >= 0.6 is 24.0 Å². The van der Waals surface area contributed by atoms with Crippen molar-refractivity contribution in [3.8, 4) is 0 Å². The van der Waals surface area contributed by atoms with Gasteiger partial charge < -0.3 is 15.4 Å². The van der Waals surface area contributed by atoms with Crippen LogP contribution in [0.5, 0.6) is 0 Å². The van der Waals surface area contributed by atoms with Gasteiger partial charge >= 0.3 is 0 Å². The number of ether oxygens (including phenoxy) is 1. The molecule has 0 amide bonds. The van der Waals surface area contributed by atoms with E-state index in [9.17, 15) is 0 Å². The minimum absolute atomic E-state index is 0. The predicted molar refractivity (Wildman–Crippen MR) is 83.2 cm³/mol. The largest absolute Gasteiger partial charge is 0.380 e. The predicted octanol–water partition coefficient (Wildman–Crippen LogP) is 2.00. The Labute approximate surface area is 122 Å². The second-order valence-corrected chi connectivity index (χ2v) is 4.12. The number of hydrogen-bond acceptors (Lipinski definition) is 2. The number of guanidine groups is 1. The van der Waals surface area contributed by atoms with Crippen LogP contribution in [-0.4, -0.2) is 38.8 Å². The van der Waals surface area contributed by atoms with Gasteiger partial charge in [-0.1, -0.05) is 12.8 Å². The molecule has 0 aliphatic heterocycles. The Morgan fingerprint density at radius 1 is 1.29 bits per heavy atom. The van der Waals surface area contributed by atoms with E-state index in [0.29, 0.717) is 0 Å². The summed E-state index contributed by atoms with van der Waals surface area (Å²) in [7, 11) is 0. The van der Waals surface area contributed by atoms with Gasteiger partial charge in [0, 0.05) is 26.2 Å². The third-order valence-corrected chi connectivity index (χ3v) is 2.59. The third-order valence-electron chi connectivity index (χ3n) is 2.59. The molecule has 1 rings (SSSR count). The molecule has 1 fully saturated rings. The zero-order valence-electron chi connectivity index (χ0n) is 11.0. The standard InChI is InChI=1S/C12H25N3O.HI/c1-3-13-12(15-9-10-16-4-2)14-8-7-11-5-6-11;/h11H,3-10H2,1-2H3,(H2,13,14,15);1H. The zero-order chi connectivity index (χ0) is 11.6. The van der Waals surface area contributed by atoms with Crippen LogP contribution < -0.4 is 10.6 Å². The van der Waals surface area contributed by atoms with Crippen LogP contribution in [0, 0.1) is 5.92 Å². The van der Waals surface area contributed by atoms with Crippen molar-refractivity contribution in [2.75, 3.05) is 32.8 Å². The van der Waals surface area contributed by atoms with E-state index in [0.717, 1.165) is 44.7 Å². The van der Waals surface area contributed by atoms with Crippen molar-refractivity contribution in [3.05, 3.63) is 0 Å². The van der Waals surface area contributed by atoms with Crippen molar-refractivity contribution in [2.45, 2.75) is 33.1 Å². The monoisotopic (exact) mass is 355 g/mol. The van der Waals surface area contributed by atoms with Gasteiger partial charge in [0.1, 0.15) is 0 Å². The molecular weight excluding hydrogens is 329 g/mol. The number of hydrogen-bond donors (Lipinski definition) is 2. The first-order valence-electron chi connectivity index (χ1n) is 6.46. The zero-order valence-corrected chi connectivity index (χ0v) is 13.3. The average Bonchev–Trinajstić information content (AvgIpc) is 3.08. The summed E-state index contributed by atoms with van der Waals surface area (Å²) in [5.74, 6) is 1.87. The van der Waals surface area contributed by atoms with Gasteiger partial charge in [-0.05, 0) is 26.2 Å². The van der Waals surface area contributed by atoms with Crippen LogP contribution in [0.25, 0.3) is 0 Å². The first-order chi connectivity index (χ1) is 7.86. The topological polar surface area (TPSA) is 45.7 Å². The fourth-order valence-electron chi connectivity index (χ4n) is 1.49. The van der Waals surface area contributed by atoms with Crippen LogP contribution in [0.2, 0.25) is 0 Å². The van der Waals surface area contributed by atoms with Gasteiger partial charge in [0.15, 0.2) is 5.96 Å². The Morgan fingerprint density at radius 3 is 2.65 bits per heavy atom. The Bertz CT molecular complexity index is 208. The van der Waals surface area contributed by atoms with E-state index in [1.54, 1.807) is 0 Å². The molecule has 0 aromatic rings. The lowest BCUT2D eigenvalue weighted by molar-refractivity contribution is 0.152. The highest BCUT2D eigenvalue weighted by atomic mass is 127. The van der Waals surface area contributed by atoms with E-state index in [1.165, 1.54) is 19.3 Å². The minimum Gasteiger partial charge on any atom is -0.380 e. The van der Waals surface area contributed by atoms with Crippen molar-refractivity contribution in [1.29, 1.82) is 0 Å². The summed E-state index contributed by atoms with van der Waals surface area (Å²) >= 11 is 0. The molecule has 1 aliphatic carbocycles. The minimum atomic E-state index is 0. The van der Waals surface area contributed by atoms with E-state index in [2.05, 4.69) is 22.5 Å². The van der Waals surface area contributed by atoms with Gasteiger partial charge in [-0.3, -0.25) is 4.99 Å². The van der Waals surface area contributed by atoms with E-state index in [4.69, 9.17) is 4.74 Å². The van der Waals surface area contributed by atoms with Crippen molar-refractivity contribution < 1.29 is 4.74 Å². The lowest BCUT2D eigenvalue weighted by Gasteiger charge is -2.10. The van der Waals surface area contributed by atoms with Gasteiger partial charge in [0.2, 0.25) is 0 Å². The van der Waals surface area contributed by atoms with Gasteiger partial charge in [0.05, 0.1) is 6.61 Å². The molecule has 102 valence electrons. The van der Waals surface area contributed by atoms with E-state index in [1.807, 2.05) is 6.92 Å². The second-order valence-electron chi connectivity index (χ2n) is 4.12. The molecule has 17 heavy (non-hydrogen) atoms. The maximum Gasteiger partial charge on any atom is 0.191 e. The lowest BCUT2D eigenvalue weighted by atomic mass is 10.3. The summed E-state index contributed by atoms with van der Waals surface area (Å²) in [6, 6.07) is 0. The molecule has 0 saturated heterocycles. The number of rotatable bonds is 8. The van der Waals surface area contributed by atoms with Crippen LogP contribution in [0.3, 0.4) is 0 Å². The van der Waals surface area contributed by atoms with Gasteiger partial charge in [-0.25, -0.2) is 0 Å². The fourth-order valence-corrected chi connectivity index (χ4v) is 1.49. The molecule has 0 unspecified atom stereocenters. The molecule has 0 aromatic heterocycles. The van der Waals surface area contributed by atoms with E-state index in [-0.39, 0.29) is 24.0 Å². The van der Waals surface area contributed by atoms with Crippen LogP contribution in [0.15, 0.2) is 4.99 Å². The highest BCUT2D eigenvalue weighted by Crippen LogP contribution is 2.31. The molecule has 0 aromatic carbocycles. The molecule has 0 bridgehead atoms. The normalized spacial score (nSPS) is 15.3. The highest BCUT2D eigenvalue weighted by Gasteiger charge is 2.20. The highest BCUT2D eigenvalue weighted by molar-refractivity contribution is 14.0. The summed E-state index contributed by atoms with van der Waals surface area (Å²) in [6.45, 7) is 8.28. The summed E-state index contributed by atoms with van der Waals surface area (Å²) in [6.07, 6.45) is 4.05. The second kappa shape index (κ2) is 11.1. The molecular formula is C12H26IN3O. The van der Waals surface area contributed by atoms with Crippen LogP contribution in [-0.2, 0) is 4.74 Å². The molecule has 1 aliphatic rings. The maximum atomic E-state index is 5.27. The summed E-state index contributed by atoms with van der Waals surface area (Å²) < 4.78 is 5.27. The average molecular weight is 355 g/mol. The van der Waals surface area contributed by atoms with Gasteiger partial charge in [0.25, 0.3) is 0 Å². The quantitative estimate of drug-likeness (QED) is 0.303. The van der Waals surface area contributed by atoms with Crippen molar-refractivity contribution >= 4 is 29.9 Å². The fraction of sp³-hybridized carbons (Fsp3) is 0.917. The van der Waals surface area contributed by atoms with E-state index >= 15 is 0 Å². The first-order valence-corrected chi connectivity index (χ1v) is 6.46. The number of nitrogens with zero attached hydrogens (tertiary/aromatic N) is 1. The Kier molecular flexibility index (Phi) is 11.0. The number of aliphatic imine (C=N–C) groups is 1. The Morgan fingerprint density at radius 2 is 2.06 bits per heavy atom. The summed E-state index contributed by atoms with van der Waals surface area (Å²) in [5, 5.41) is 6.50. The number of nitrogens with one attached hydrogen (secondary N) is 2. The SMILES string of the molecule is CCNC(=NCCC1CC1)NCCOCC.I. The van der Waals surface area contributed by atoms with Crippen molar-refractivity contribution in [3.63, 3.8) is 0 Å².